The second kappa shape index (κ2) is 12.5. The van der Waals surface area contributed by atoms with E-state index in [1.807, 2.05) is 4.90 Å². The van der Waals surface area contributed by atoms with Gasteiger partial charge in [0.2, 0.25) is 11.9 Å². The van der Waals surface area contributed by atoms with Crippen LogP contribution in [0, 0.1) is 0 Å². The van der Waals surface area contributed by atoms with E-state index in [4.69, 9.17) is 19.9 Å². The van der Waals surface area contributed by atoms with E-state index in [9.17, 15) is 23.1 Å². The van der Waals surface area contributed by atoms with Gasteiger partial charge in [0.15, 0.2) is 5.60 Å². The van der Waals surface area contributed by atoms with Gasteiger partial charge in [0.05, 0.1) is 5.56 Å². The number of hydrogen-bond donors (Lipinski definition) is 3. The van der Waals surface area contributed by atoms with E-state index in [2.05, 4.69) is 20.3 Å². The summed E-state index contributed by atoms with van der Waals surface area (Å²) in [5.41, 5.74) is 4.24. The van der Waals surface area contributed by atoms with Crippen molar-refractivity contribution in [1.82, 2.24) is 15.0 Å². The van der Waals surface area contributed by atoms with Gasteiger partial charge in [-0.1, -0.05) is 0 Å². The predicted octanol–water partition coefficient (Wildman–Crippen LogP) is 4.26. The Balaban J connectivity index is 1.39. The maximum Gasteiger partial charge on any atom is 0.416 e. The minimum Gasteiger partial charge on any atom is -0.490 e. The number of hydrogen-bond acceptors (Lipinski definition) is 10. The number of aliphatic carboxylic acids is 1. The molecule has 0 aliphatic carbocycles. The van der Waals surface area contributed by atoms with Crippen LogP contribution in [0.2, 0.25) is 0 Å². The second-order valence-electron chi connectivity index (χ2n) is 9.85. The number of piperidine rings is 1. The molecule has 4 N–H and O–H groups in total. The van der Waals surface area contributed by atoms with Crippen molar-refractivity contribution < 1.29 is 37.3 Å². The summed E-state index contributed by atoms with van der Waals surface area (Å²) in [7, 11) is 0. The molecule has 1 aromatic heterocycles. The molecule has 4 rings (SSSR count). The Bertz CT molecular complexity index is 1310. The highest BCUT2D eigenvalue weighted by Gasteiger charge is 2.30. The summed E-state index contributed by atoms with van der Waals surface area (Å²) in [5, 5.41) is 12.1. The lowest BCUT2D eigenvalue weighted by Gasteiger charge is -2.30. The Morgan fingerprint density at radius 3 is 2.20 bits per heavy atom. The van der Waals surface area contributed by atoms with Crippen molar-refractivity contribution in [3.63, 3.8) is 0 Å². The standard InChI is InChI=1S/C27H31F3N6O5/c1-26(2,22(37)38)41-21-9-7-20(8-10-21)39-15-16-40-25-34-23(32-19-5-3-17(4-6-19)27(28,29)30)33-24(35-25)36-13-11-18(31)12-14-36/h3-10,18H,11-16,31H2,1-2H3,(H,37,38)(H,32,33,34,35). The number of benzene rings is 2. The number of carboxylic acids is 1. The summed E-state index contributed by atoms with van der Waals surface area (Å²) in [5.74, 6) is 0.278. The van der Waals surface area contributed by atoms with Crippen LogP contribution in [0.4, 0.5) is 30.8 Å². The highest BCUT2D eigenvalue weighted by molar-refractivity contribution is 5.76. The van der Waals surface area contributed by atoms with Crippen LogP contribution in [0.25, 0.3) is 0 Å². The number of carbonyl (C=O) groups is 1. The van der Waals surface area contributed by atoms with E-state index in [0.29, 0.717) is 36.2 Å². The van der Waals surface area contributed by atoms with Crippen LogP contribution < -0.4 is 30.2 Å². The maximum atomic E-state index is 12.9. The average molecular weight is 577 g/mol. The first kappa shape index (κ1) is 29.6. The maximum absolute atomic E-state index is 12.9. The molecule has 11 nitrogen and oxygen atoms in total. The number of anilines is 3. The van der Waals surface area contributed by atoms with E-state index < -0.39 is 23.3 Å². The van der Waals surface area contributed by atoms with Crippen LogP contribution in [-0.2, 0) is 11.0 Å². The molecule has 41 heavy (non-hydrogen) atoms. The van der Waals surface area contributed by atoms with Crippen molar-refractivity contribution in [2.45, 2.75) is 44.5 Å². The lowest BCUT2D eigenvalue weighted by atomic mass is 10.1. The van der Waals surface area contributed by atoms with Crippen LogP contribution in [0.1, 0.15) is 32.3 Å². The number of nitrogens with zero attached hydrogens (tertiary/aromatic N) is 4. The van der Waals surface area contributed by atoms with E-state index in [-0.39, 0.29) is 31.2 Å². The van der Waals surface area contributed by atoms with Gasteiger partial charge < -0.3 is 35.3 Å². The summed E-state index contributed by atoms with van der Waals surface area (Å²) in [6.07, 6.45) is -2.92. The first-order valence-corrected chi connectivity index (χ1v) is 12.9. The molecule has 1 fully saturated rings. The molecule has 0 radical (unpaired) electrons. The van der Waals surface area contributed by atoms with Crippen molar-refractivity contribution in [1.29, 1.82) is 0 Å². The number of carboxylic acid groups (broad SMARTS) is 1. The summed E-state index contributed by atoms with van der Waals surface area (Å²) in [6, 6.07) is 11.1. The predicted molar refractivity (Wildman–Crippen MR) is 144 cm³/mol. The number of nitrogens with two attached hydrogens (primary N) is 1. The Morgan fingerprint density at radius 2 is 1.59 bits per heavy atom. The number of nitrogens with one attached hydrogen (secondary N) is 1. The minimum absolute atomic E-state index is 0.0162. The smallest absolute Gasteiger partial charge is 0.416 e. The molecule has 14 heteroatoms. The summed E-state index contributed by atoms with van der Waals surface area (Å²) in [4.78, 5) is 26.3. The number of rotatable bonds is 11. The average Bonchev–Trinajstić information content (AvgIpc) is 2.92. The molecule has 2 aromatic carbocycles. The third-order valence-corrected chi connectivity index (χ3v) is 6.19. The van der Waals surface area contributed by atoms with Crippen molar-refractivity contribution in [3.05, 3.63) is 54.1 Å². The number of aromatic nitrogens is 3. The summed E-state index contributed by atoms with van der Waals surface area (Å²) < 4.78 is 55.7. The molecule has 220 valence electrons. The van der Waals surface area contributed by atoms with Crippen molar-refractivity contribution >= 4 is 23.6 Å². The first-order valence-electron chi connectivity index (χ1n) is 12.9. The second-order valence-corrected chi connectivity index (χ2v) is 9.85. The normalized spacial score (nSPS) is 14.4. The molecule has 3 aromatic rings. The van der Waals surface area contributed by atoms with Crippen LogP contribution in [-0.4, -0.2) is 64.0 Å². The topological polar surface area (TPSA) is 145 Å². The van der Waals surface area contributed by atoms with Gasteiger partial charge in [0.1, 0.15) is 24.7 Å². The van der Waals surface area contributed by atoms with Crippen molar-refractivity contribution in [2.75, 3.05) is 36.5 Å². The van der Waals surface area contributed by atoms with Crippen LogP contribution in [0.3, 0.4) is 0 Å². The van der Waals surface area contributed by atoms with Gasteiger partial charge in [0, 0.05) is 24.8 Å². The highest BCUT2D eigenvalue weighted by atomic mass is 19.4. The lowest BCUT2D eigenvalue weighted by molar-refractivity contribution is -0.152. The van der Waals surface area contributed by atoms with Gasteiger partial charge in [-0.05, 0) is 75.2 Å². The van der Waals surface area contributed by atoms with Gasteiger partial charge >= 0.3 is 18.2 Å². The van der Waals surface area contributed by atoms with E-state index in [1.165, 1.54) is 26.0 Å². The minimum atomic E-state index is -4.44. The quantitative estimate of drug-likeness (QED) is 0.282. The zero-order valence-electron chi connectivity index (χ0n) is 22.5. The molecule has 0 atom stereocenters. The molecule has 0 bridgehead atoms. The van der Waals surface area contributed by atoms with Crippen molar-refractivity contribution in [2.24, 2.45) is 5.73 Å². The molecule has 0 spiro atoms. The van der Waals surface area contributed by atoms with Crippen molar-refractivity contribution in [3.8, 4) is 17.5 Å². The molecule has 1 aliphatic rings. The highest BCUT2D eigenvalue weighted by Crippen LogP contribution is 2.30. The van der Waals surface area contributed by atoms with E-state index in [0.717, 1.165) is 25.0 Å². The Morgan fingerprint density at radius 1 is 0.976 bits per heavy atom. The molecule has 0 saturated carbocycles. The fraction of sp³-hybridized carbons (Fsp3) is 0.407. The van der Waals surface area contributed by atoms with Gasteiger partial charge in [-0.3, -0.25) is 0 Å². The monoisotopic (exact) mass is 576 g/mol. The SMILES string of the molecule is CC(C)(Oc1ccc(OCCOc2nc(Nc3ccc(C(F)(F)F)cc3)nc(N3CCC(N)CC3)n2)cc1)C(=O)O. The number of halogens is 3. The molecule has 1 aliphatic heterocycles. The third-order valence-electron chi connectivity index (χ3n) is 6.19. The van der Waals surface area contributed by atoms with E-state index in [1.54, 1.807) is 24.3 Å². The molecule has 1 saturated heterocycles. The lowest BCUT2D eigenvalue weighted by Crippen LogP contribution is -2.40. The largest absolute Gasteiger partial charge is 0.490 e. The third kappa shape index (κ3) is 8.33. The van der Waals surface area contributed by atoms with Gasteiger partial charge in [-0.25, -0.2) is 4.79 Å². The summed E-state index contributed by atoms with van der Waals surface area (Å²) >= 11 is 0. The molecule has 0 amide bonds. The van der Waals surface area contributed by atoms with Crippen LogP contribution in [0.15, 0.2) is 48.5 Å². The van der Waals surface area contributed by atoms with E-state index >= 15 is 0 Å². The molecular weight excluding hydrogens is 545 g/mol. The Labute approximate surface area is 234 Å². The zero-order valence-corrected chi connectivity index (χ0v) is 22.5. The van der Waals surface area contributed by atoms with Gasteiger partial charge in [-0.2, -0.15) is 28.1 Å². The Hall–Kier alpha value is -4.33. The molecule has 2 heterocycles. The number of alkyl halides is 3. The Kier molecular flexibility index (Phi) is 9.01. The number of ether oxygens (including phenoxy) is 3. The molecule has 0 unspecified atom stereocenters. The van der Waals surface area contributed by atoms with Crippen LogP contribution >= 0.6 is 0 Å². The first-order chi connectivity index (χ1) is 19.4. The molecular formula is C27H31F3N6O5. The fourth-order valence-corrected chi connectivity index (χ4v) is 3.81. The summed E-state index contributed by atoms with van der Waals surface area (Å²) in [6.45, 7) is 4.40. The van der Waals surface area contributed by atoms with Gasteiger partial charge in [-0.15, -0.1) is 0 Å². The van der Waals surface area contributed by atoms with Crippen LogP contribution in [0.5, 0.6) is 17.5 Å². The van der Waals surface area contributed by atoms with Gasteiger partial charge in [0.25, 0.3) is 0 Å². The zero-order chi connectivity index (χ0) is 29.6. The fourth-order valence-electron chi connectivity index (χ4n) is 3.81.